The first-order valence-electron chi connectivity index (χ1n) is 5.78. The van der Waals surface area contributed by atoms with Crippen molar-refractivity contribution >= 4 is 15.9 Å². The van der Waals surface area contributed by atoms with Crippen LogP contribution in [0.5, 0.6) is 0 Å². The number of hydrogen-bond donors (Lipinski definition) is 3. The van der Waals surface area contributed by atoms with Crippen LogP contribution in [0.2, 0.25) is 0 Å². The van der Waals surface area contributed by atoms with E-state index in [1.54, 1.807) is 19.2 Å². The number of sulfonamides is 1. The van der Waals surface area contributed by atoms with E-state index in [4.69, 9.17) is 5.73 Å². The molecule has 7 nitrogen and oxygen atoms in total. The quantitative estimate of drug-likeness (QED) is 0.734. The minimum absolute atomic E-state index is 0.000366. The molecule has 0 bridgehead atoms. The third kappa shape index (κ3) is 3.03. The Labute approximate surface area is 116 Å². The van der Waals surface area contributed by atoms with Crippen LogP contribution in [0.1, 0.15) is 21.5 Å². The number of aryl methyl sites for hydroxylation is 1. The number of nitrogens with zero attached hydrogens (tertiary/aromatic N) is 1. The molecule has 0 radical (unpaired) electrons. The Bertz CT molecular complexity index is 723. The SMILES string of the molecule is Cc1ccc(S(=O)(=O)NCc2cn[nH]c2)cc1C(N)=O. The highest BCUT2D eigenvalue weighted by Crippen LogP contribution is 2.15. The summed E-state index contributed by atoms with van der Waals surface area (Å²) < 4.78 is 26.7. The van der Waals surface area contributed by atoms with Gasteiger partial charge in [0, 0.05) is 23.9 Å². The largest absolute Gasteiger partial charge is 0.366 e. The number of benzene rings is 1. The number of nitrogens with two attached hydrogens (primary N) is 1. The molecule has 0 saturated carbocycles. The molecule has 8 heteroatoms. The summed E-state index contributed by atoms with van der Waals surface area (Å²) in [6, 6.07) is 4.25. The summed E-state index contributed by atoms with van der Waals surface area (Å²) in [5.74, 6) is -0.658. The van der Waals surface area contributed by atoms with Crippen LogP contribution >= 0.6 is 0 Å². The lowest BCUT2D eigenvalue weighted by Gasteiger charge is -2.08. The van der Waals surface area contributed by atoms with Crippen LogP contribution in [-0.4, -0.2) is 24.5 Å². The van der Waals surface area contributed by atoms with E-state index in [0.717, 1.165) is 0 Å². The highest BCUT2D eigenvalue weighted by Gasteiger charge is 2.16. The molecule has 1 heterocycles. The number of carbonyl (C=O) groups excluding carboxylic acids is 1. The molecule has 0 aliphatic rings. The summed E-state index contributed by atoms with van der Waals surface area (Å²) in [4.78, 5) is 11.2. The Morgan fingerprint density at radius 1 is 1.45 bits per heavy atom. The third-order valence-electron chi connectivity index (χ3n) is 2.81. The second-order valence-electron chi connectivity index (χ2n) is 4.27. The zero-order valence-electron chi connectivity index (χ0n) is 10.8. The first-order chi connectivity index (χ1) is 9.40. The van der Waals surface area contributed by atoms with Crippen LogP contribution in [-0.2, 0) is 16.6 Å². The van der Waals surface area contributed by atoms with Crippen LogP contribution in [0, 0.1) is 6.92 Å². The predicted octanol–water partition coefficient (Wildman–Crippen LogP) is 0.296. The van der Waals surface area contributed by atoms with Gasteiger partial charge in [-0.15, -0.1) is 0 Å². The minimum atomic E-state index is -3.71. The zero-order chi connectivity index (χ0) is 14.8. The minimum Gasteiger partial charge on any atom is -0.366 e. The second kappa shape index (κ2) is 5.43. The number of nitrogens with one attached hydrogen (secondary N) is 2. The van der Waals surface area contributed by atoms with Gasteiger partial charge in [-0.1, -0.05) is 6.07 Å². The fourth-order valence-corrected chi connectivity index (χ4v) is 2.71. The molecule has 106 valence electrons. The van der Waals surface area contributed by atoms with Crippen molar-refractivity contribution < 1.29 is 13.2 Å². The lowest BCUT2D eigenvalue weighted by atomic mass is 10.1. The van der Waals surface area contributed by atoms with Crippen LogP contribution < -0.4 is 10.5 Å². The molecule has 0 spiro atoms. The van der Waals surface area contributed by atoms with Crippen LogP contribution in [0.4, 0.5) is 0 Å². The van der Waals surface area contributed by atoms with Gasteiger partial charge in [0.25, 0.3) is 0 Å². The molecule has 4 N–H and O–H groups in total. The summed E-state index contributed by atoms with van der Waals surface area (Å²) in [7, 11) is -3.71. The third-order valence-corrected chi connectivity index (χ3v) is 4.20. The number of amides is 1. The van der Waals surface area contributed by atoms with Crippen molar-refractivity contribution in [1.29, 1.82) is 0 Å². The second-order valence-corrected chi connectivity index (χ2v) is 6.04. The van der Waals surface area contributed by atoms with Crippen LogP contribution in [0.3, 0.4) is 0 Å². The average Bonchev–Trinajstić information content (AvgIpc) is 2.89. The molecule has 2 aromatic rings. The van der Waals surface area contributed by atoms with Crippen molar-refractivity contribution in [3.63, 3.8) is 0 Å². The van der Waals surface area contributed by atoms with Crippen molar-refractivity contribution in [3.8, 4) is 0 Å². The maximum Gasteiger partial charge on any atom is 0.249 e. The molecule has 0 fully saturated rings. The molecule has 1 aromatic heterocycles. The van der Waals surface area contributed by atoms with E-state index in [-0.39, 0.29) is 17.0 Å². The molecule has 0 unspecified atom stereocenters. The van der Waals surface area contributed by atoms with Crippen molar-refractivity contribution in [1.82, 2.24) is 14.9 Å². The van der Waals surface area contributed by atoms with Gasteiger partial charge >= 0.3 is 0 Å². The smallest absolute Gasteiger partial charge is 0.249 e. The summed E-state index contributed by atoms with van der Waals surface area (Å²) in [5.41, 5.74) is 6.74. The topological polar surface area (TPSA) is 118 Å². The van der Waals surface area contributed by atoms with Crippen molar-refractivity contribution in [3.05, 3.63) is 47.3 Å². The highest BCUT2D eigenvalue weighted by molar-refractivity contribution is 7.89. The van der Waals surface area contributed by atoms with Gasteiger partial charge < -0.3 is 5.73 Å². The fraction of sp³-hybridized carbons (Fsp3) is 0.167. The van der Waals surface area contributed by atoms with Gasteiger partial charge in [-0.25, -0.2) is 13.1 Å². The molecular weight excluding hydrogens is 280 g/mol. The van der Waals surface area contributed by atoms with Gasteiger partial charge in [-0.3, -0.25) is 9.89 Å². The number of primary amides is 1. The summed E-state index contributed by atoms with van der Waals surface area (Å²) in [6.07, 6.45) is 3.11. The van der Waals surface area contributed by atoms with Crippen LogP contribution in [0.15, 0.2) is 35.5 Å². The number of aromatic nitrogens is 2. The van der Waals surface area contributed by atoms with Gasteiger partial charge in [0.1, 0.15) is 0 Å². The van der Waals surface area contributed by atoms with Gasteiger partial charge in [0.15, 0.2) is 0 Å². The average molecular weight is 294 g/mol. The van der Waals surface area contributed by atoms with Gasteiger partial charge in [-0.05, 0) is 24.6 Å². The van der Waals surface area contributed by atoms with Gasteiger partial charge in [-0.2, -0.15) is 5.10 Å². The Morgan fingerprint density at radius 3 is 2.80 bits per heavy atom. The number of hydrogen-bond acceptors (Lipinski definition) is 4. The molecule has 0 aliphatic carbocycles. The number of rotatable bonds is 5. The maximum absolute atomic E-state index is 12.1. The molecule has 1 amide bonds. The Balaban J connectivity index is 2.25. The lowest BCUT2D eigenvalue weighted by Crippen LogP contribution is -2.24. The number of aromatic amines is 1. The normalized spacial score (nSPS) is 11.4. The lowest BCUT2D eigenvalue weighted by molar-refractivity contribution is 0.0999. The Morgan fingerprint density at radius 2 is 2.20 bits per heavy atom. The Hall–Kier alpha value is -2.19. The van der Waals surface area contributed by atoms with Crippen molar-refractivity contribution in [2.24, 2.45) is 5.73 Å². The maximum atomic E-state index is 12.1. The summed E-state index contributed by atoms with van der Waals surface area (Å²) >= 11 is 0. The first-order valence-corrected chi connectivity index (χ1v) is 7.26. The van der Waals surface area contributed by atoms with Crippen molar-refractivity contribution in [2.75, 3.05) is 0 Å². The molecule has 0 saturated heterocycles. The molecule has 0 aliphatic heterocycles. The standard InChI is InChI=1S/C12H14N4O3S/c1-8-2-3-10(4-11(8)12(13)17)20(18,19)16-7-9-5-14-15-6-9/h2-6,16H,7H2,1H3,(H2,13,17)(H,14,15). The van der Waals surface area contributed by atoms with E-state index in [0.29, 0.717) is 11.1 Å². The van der Waals surface area contributed by atoms with Gasteiger partial charge in [0.05, 0.1) is 11.1 Å². The number of carbonyl (C=O) groups is 1. The molecule has 0 atom stereocenters. The Kier molecular flexibility index (Phi) is 3.86. The highest BCUT2D eigenvalue weighted by atomic mass is 32.2. The van der Waals surface area contributed by atoms with E-state index in [9.17, 15) is 13.2 Å². The van der Waals surface area contributed by atoms with Crippen molar-refractivity contribution in [2.45, 2.75) is 18.4 Å². The van der Waals surface area contributed by atoms with E-state index >= 15 is 0 Å². The van der Waals surface area contributed by atoms with E-state index in [1.165, 1.54) is 18.3 Å². The molecular formula is C12H14N4O3S. The predicted molar refractivity (Wildman–Crippen MR) is 72.3 cm³/mol. The number of H-pyrrole nitrogens is 1. The van der Waals surface area contributed by atoms with Gasteiger partial charge in [0.2, 0.25) is 15.9 Å². The van der Waals surface area contributed by atoms with Crippen LogP contribution in [0.25, 0.3) is 0 Å². The monoisotopic (exact) mass is 294 g/mol. The fourth-order valence-electron chi connectivity index (χ4n) is 1.67. The molecule has 20 heavy (non-hydrogen) atoms. The van der Waals surface area contributed by atoms with E-state index < -0.39 is 15.9 Å². The zero-order valence-corrected chi connectivity index (χ0v) is 11.6. The molecule has 1 aromatic carbocycles. The summed E-state index contributed by atoms with van der Waals surface area (Å²) in [5, 5.41) is 6.31. The summed E-state index contributed by atoms with van der Waals surface area (Å²) in [6.45, 7) is 1.80. The first kappa shape index (κ1) is 14.2. The van der Waals surface area contributed by atoms with E-state index in [2.05, 4.69) is 14.9 Å². The van der Waals surface area contributed by atoms with E-state index in [1.807, 2.05) is 0 Å². The molecule has 2 rings (SSSR count).